The number of nitrogens with zero attached hydrogens (tertiary/aromatic N) is 2. The molecule has 2 aliphatic heterocycles. The molecular weight excluding hydrogens is 328 g/mol. The lowest BCUT2D eigenvalue weighted by atomic mass is 10.1. The third kappa shape index (κ3) is 3.31. The number of fused-ring (bicyclic) bond motifs is 3. The largest absolute Gasteiger partial charge is 0.462 e. The molecule has 0 amide bonds. The van der Waals surface area contributed by atoms with E-state index in [1.165, 1.54) is 6.07 Å². The zero-order valence-electron chi connectivity index (χ0n) is 14.0. The fourth-order valence-electron chi connectivity index (χ4n) is 2.93. The monoisotopic (exact) mass is 350 g/mol. The molecule has 0 spiro atoms. The van der Waals surface area contributed by atoms with Crippen LogP contribution >= 0.6 is 0 Å². The maximum Gasteiger partial charge on any atom is 0.338 e. The number of hydrogen-bond donors (Lipinski definition) is 0. The predicted octanol–water partition coefficient (Wildman–Crippen LogP) is 2.98. The van der Waals surface area contributed by atoms with Crippen LogP contribution in [0.2, 0.25) is 0 Å². The van der Waals surface area contributed by atoms with Crippen LogP contribution in [0, 0.1) is 5.92 Å². The first kappa shape index (κ1) is 17.0. The van der Waals surface area contributed by atoms with E-state index in [0.717, 1.165) is 25.8 Å². The molecule has 0 aliphatic carbocycles. The van der Waals surface area contributed by atoms with E-state index in [4.69, 9.17) is 4.74 Å². The molecule has 3 rings (SSSR count). The van der Waals surface area contributed by atoms with Crippen LogP contribution in [0.25, 0.3) is 0 Å². The van der Waals surface area contributed by atoms with Gasteiger partial charge in [-0.15, -0.1) is 4.40 Å². The minimum atomic E-state index is -3.78. The first-order chi connectivity index (χ1) is 11.4. The molecule has 1 aromatic rings. The normalized spacial score (nSPS) is 19.1. The van der Waals surface area contributed by atoms with Gasteiger partial charge in [0.05, 0.1) is 17.9 Å². The summed E-state index contributed by atoms with van der Waals surface area (Å²) in [7, 11) is -3.78. The van der Waals surface area contributed by atoms with E-state index in [9.17, 15) is 13.2 Å². The van der Waals surface area contributed by atoms with Gasteiger partial charge in [0, 0.05) is 13.0 Å². The number of ether oxygens (including phenoxy) is 1. The number of carbonyl (C=O) groups is 1. The second-order valence-electron chi connectivity index (χ2n) is 6.62. The molecule has 2 aliphatic rings. The summed E-state index contributed by atoms with van der Waals surface area (Å²) >= 11 is 0. The van der Waals surface area contributed by atoms with Crippen molar-refractivity contribution < 1.29 is 17.9 Å². The molecule has 6 nitrogen and oxygen atoms in total. The summed E-state index contributed by atoms with van der Waals surface area (Å²) in [5.41, 5.74) is 0.855. The Hall–Kier alpha value is -1.89. The van der Waals surface area contributed by atoms with Gasteiger partial charge in [0.25, 0.3) is 10.0 Å². The molecule has 1 saturated heterocycles. The second kappa shape index (κ2) is 6.55. The van der Waals surface area contributed by atoms with Gasteiger partial charge < -0.3 is 9.64 Å². The van der Waals surface area contributed by atoms with Crippen molar-refractivity contribution in [3.63, 3.8) is 0 Å². The number of esters is 1. The van der Waals surface area contributed by atoms with Crippen LogP contribution in [0.5, 0.6) is 0 Å². The van der Waals surface area contributed by atoms with E-state index < -0.39 is 16.0 Å². The van der Waals surface area contributed by atoms with Crippen LogP contribution in [0.4, 0.5) is 5.69 Å². The molecule has 0 saturated carbocycles. The van der Waals surface area contributed by atoms with Crippen molar-refractivity contribution in [1.29, 1.82) is 0 Å². The number of carbonyl (C=O) groups excluding carboxylic acids is 1. The Bertz CT molecular complexity index is 784. The number of hydrogen-bond acceptors (Lipinski definition) is 5. The lowest BCUT2D eigenvalue weighted by molar-refractivity contribution is 0.0458. The molecule has 130 valence electrons. The molecule has 7 heteroatoms. The Morgan fingerprint density at radius 1 is 1.29 bits per heavy atom. The fourth-order valence-corrected chi connectivity index (χ4v) is 4.22. The van der Waals surface area contributed by atoms with Crippen LogP contribution in [0.3, 0.4) is 0 Å². The Morgan fingerprint density at radius 3 is 2.83 bits per heavy atom. The first-order valence-corrected chi connectivity index (χ1v) is 9.75. The van der Waals surface area contributed by atoms with Crippen LogP contribution in [-0.4, -0.2) is 33.4 Å². The van der Waals surface area contributed by atoms with E-state index in [-0.39, 0.29) is 16.4 Å². The number of benzene rings is 1. The van der Waals surface area contributed by atoms with Gasteiger partial charge in [-0.3, -0.25) is 0 Å². The van der Waals surface area contributed by atoms with Gasteiger partial charge in [0.2, 0.25) is 0 Å². The summed E-state index contributed by atoms with van der Waals surface area (Å²) < 4.78 is 34.2. The lowest BCUT2D eigenvalue weighted by Gasteiger charge is -2.29. The maximum atomic E-state index is 12.5. The van der Waals surface area contributed by atoms with Gasteiger partial charge in [0.15, 0.2) is 0 Å². The van der Waals surface area contributed by atoms with Gasteiger partial charge >= 0.3 is 5.97 Å². The second-order valence-corrected chi connectivity index (χ2v) is 8.19. The Morgan fingerprint density at radius 2 is 2.08 bits per heavy atom. The zero-order valence-corrected chi connectivity index (χ0v) is 14.8. The number of rotatable bonds is 3. The van der Waals surface area contributed by atoms with Crippen molar-refractivity contribution >= 4 is 27.5 Å². The molecule has 0 bridgehead atoms. The van der Waals surface area contributed by atoms with Gasteiger partial charge in [-0.2, -0.15) is 8.42 Å². The quantitative estimate of drug-likeness (QED) is 0.783. The molecular formula is C17H22N2O4S. The van der Waals surface area contributed by atoms with Crippen molar-refractivity contribution in [3.05, 3.63) is 23.8 Å². The number of anilines is 1. The third-order valence-corrected chi connectivity index (χ3v) is 5.47. The molecule has 1 aromatic carbocycles. The fraction of sp³-hybridized carbons (Fsp3) is 0.529. The van der Waals surface area contributed by atoms with Crippen LogP contribution in [0.1, 0.15) is 49.9 Å². The van der Waals surface area contributed by atoms with E-state index in [2.05, 4.69) is 4.40 Å². The highest BCUT2D eigenvalue weighted by molar-refractivity contribution is 7.90. The zero-order chi connectivity index (χ0) is 17.3. The van der Waals surface area contributed by atoms with Crippen LogP contribution < -0.4 is 4.90 Å². The van der Waals surface area contributed by atoms with Crippen molar-refractivity contribution in [3.8, 4) is 0 Å². The lowest BCUT2D eigenvalue weighted by Crippen LogP contribution is -2.35. The maximum absolute atomic E-state index is 12.5. The average Bonchev–Trinajstić information content (AvgIpc) is 2.77. The molecule has 0 aromatic heterocycles. The third-order valence-electron chi connectivity index (χ3n) is 4.13. The molecule has 0 unspecified atom stereocenters. The standard InChI is InChI=1S/C17H22N2O4S/c1-12(2)11-23-17(20)13-7-8-14-15(10-13)24(21,22)18-16-6-4-3-5-9-19(14)16/h7-8,10,12H,3-6,9,11H2,1-2H3. The predicted molar refractivity (Wildman–Crippen MR) is 92.0 cm³/mol. The Balaban J connectivity index is 1.97. The highest BCUT2D eigenvalue weighted by Crippen LogP contribution is 2.35. The summed E-state index contributed by atoms with van der Waals surface area (Å²) in [6.45, 7) is 4.94. The van der Waals surface area contributed by atoms with E-state index in [1.807, 2.05) is 18.7 Å². The van der Waals surface area contributed by atoms with Gasteiger partial charge in [-0.05, 0) is 37.0 Å². The molecule has 24 heavy (non-hydrogen) atoms. The van der Waals surface area contributed by atoms with Crippen LogP contribution in [-0.2, 0) is 14.8 Å². The van der Waals surface area contributed by atoms with Gasteiger partial charge in [-0.1, -0.05) is 20.3 Å². The topological polar surface area (TPSA) is 76.0 Å². The SMILES string of the molecule is CC(C)COC(=O)c1ccc2c(c1)S(=O)(=O)N=C1CCCCCN12. The smallest absolute Gasteiger partial charge is 0.338 e. The summed E-state index contributed by atoms with van der Waals surface area (Å²) in [5, 5.41) is 0. The summed E-state index contributed by atoms with van der Waals surface area (Å²) in [6, 6.07) is 4.71. The van der Waals surface area contributed by atoms with E-state index in [0.29, 0.717) is 24.6 Å². The minimum Gasteiger partial charge on any atom is -0.462 e. The summed E-state index contributed by atoms with van der Waals surface area (Å²) in [4.78, 5) is 14.2. The highest BCUT2D eigenvalue weighted by Gasteiger charge is 2.32. The minimum absolute atomic E-state index is 0.0900. The average molecular weight is 350 g/mol. The summed E-state index contributed by atoms with van der Waals surface area (Å²) in [5.74, 6) is 0.321. The van der Waals surface area contributed by atoms with E-state index in [1.54, 1.807) is 12.1 Å². The molecule has 0 atom stereocenters. The Labute approximate surface area is 142 Å². The van der Waals surface area contributed by atoms with E-state index >= 15 is 0 Å². The molecule has 2 heterocycles. The van der Waals surface area contributed by atoms with Gasteiger partial charge in [0.1, 0.15) is 10.7 Å². The molecule has 0 radical (unpaired) electrons. The molecule has 1 fully saturated rings. The first-order valence-electron chi connectivity index (χ1n) is 8.31. The Kier molecular flexibility index (Phi) is 4.62. The van der Waals surface area contributed by atoms with Crippen molar-refractivity contribution in [2.45, 2.75) is 44.4 Å². The van der Waals surface area contributed by atoms with Gasteiger partial charge in [-0.25, -0.2) is 4.79 Å². The van der Waals surface area contributed by atoms with Crippen molar-refractivity contribution in [2.24, 2.45) is 10.3 Å². The van der Waals surface area contributed by atoms with Crippen molar-refractivity contribution in [1.82, 2.24) is 0 Å². The highest BCUT2D eigenvalue weighted by atomic mass is 32.2. The molecule has 0 N–H and O–H groups in total. The number of amidine groups is 1. The number of sulfonamides is 1. The van der Waals surface area contributed by atoms with Crippen molar-refractivity contribution in [2.75, 3.05) is 18.1 Å². The van der Waals surface area contributed by atoms with Crippen LogP contribution in [0.15, 0.2) is 27.5 Å². The summed E-state index contributed by atoms with van der Waals surface area (Å²) in [6.07, 6.45) is 3.66.